The van der Waals surface area contributed by atoms with Crippen LogP contribution in [0.4, 0.5) is 8.78 Å². The molecule has 1 heterocycles. The van der Waals surface area contributed by atoms with Gasteiger partial charge in [-0.05, 0) is 57.4 Å². The first-order chi connectivity index (χ1) is 11.7. The fourth-order valence-corrected chi connectivity index (χ4v) is 2.48. The number of halogens is 2. The molecule has 0 aliphatic carbocycles. The van der Waals surface area contributed by atoms with Crippen LogP contribution in [0.3, 0.4) is 0 Å². The Morgan fingerprint density at radius 2 is 1.72 bits per heavy atom. The molecule has 136 valence electrons. The highest BCUT2D eigenvalue weighted by Gasteiger charge is 2.53. The van der Waals surface area contributed by atoms with Crippen molar-refractivity contribution in [3.8, 4) is 0 Å². The van der Waals surface area contributed by atoms with Crippen LogP contribution < -0.4 is 0 Å². The molecule has 1 aromatic carbocycles. The summed E-state index contributed by atoms with van der Waals surface area (Å²) < 4.78 is 45.4. The van der Waals surface area contributed by atoms with Gasteiger partial charge >= 0.3 is 7.12 Å². The number of benzene rings is 1. The van der Waals surface area contributed by atoms with Crippen LogP contribution in [0.25, 0.3) is 5.57 Å². The molecule has 25 heavy (non-hydrogen) atoms. The van der Waals surface area contributed by atoms with Gasteiger partial charge < -0.3 is 14.0 Å². The van der Waals surface area contributed by atoms with Crippen molar-refractivity contribution in [2.45, 2.75) is 45.3 Å². The third kappa shape index (κ3) is 4.57. The molecule has 0 unspecified atom stereocenters. The van der Waals surface area contributed by atoms with Gasteiger partial charge in [-0.15, -0.1) is 6.58 Å². The van der Waals surface area contributed by atoms with Crippen LogP contribution >= 0.6 is 0 Å². The quantitative estimate of drug-likeness (QED) is 0.404. The third-order valence-corrected chi connectivity index (χ3v) is 4.67. The fraction of sp³-hybridized carbons (Fsp3) is 0.474. The van der Waals surface area contributed by atoms with Gasteiger partial charge in [-0.25, -0.2) is 8.78 Å². The topological polar surface area (TPSA) is 27.7 Å². The lowest BCUT2D eigenvalue weighted by Gasteiger charge is -2.32. The van der Waals surface area contributed by atoms with Crippen molar-refractivity contribution in [2.75, 3.05) is 13.2 Å². The summed E-state index contributed by atoms with van der Waals surface area (Å²) in [7, 11) is -1.09. The molecule has 0 N–H and O–H groups in total. The lowest BCUT2D eigenvalue weighted by molar-refractivity contribution is 0.00578. The van der Waals surface area contributed by atoms with Crippen LogP contribution in [0.5, 0.6) is 0 Å². The van der Waals surface area contributed by atoms with Crippen LogP contribution in [0, 0.1) is 5.82 Å². The molecule has 6 heteroatoms. The maximum absolute atomic E-state index is 15.2. The van der Waals surface area contributed by atoms with Gasteiger partial charge in [0, 0.05) is 0 Å². The van der Waals surface area contributed by atoms with Crippen molar-refractivity contribution < 1.29 is 22.8 Å². The van der Waals surface area contributed by atoms with Crippen molar-refractivity contribution >= 4 is 12.7 Å². The maximum atomic E-state index is 15.2. The normalized spacial score (nSPS) is 19.7. The van der Waals surface area contributed by atoms with E-state index in [1.54, 1.807) is 18.2 Å². The van der Waals surface area contributed by atoms with Crippen LogP contribution in [-0.2, 0) is 14.0 Å². The zero-order valence-corrected chi connectivity index (χ0v) is 15.3. The van der Waals surface area contributed by atoms with Gasteiger partial charge in [-0.3, -0.25) is 0 Å². The lowest BCUT2D eigenvalue weighted by atomic mass is 9.82. The Morgan fingerprint density at radius 3 is 2.24 bits per heavy atom. The predicted octanol–water partition coefficient (Wildman–Crippen LogP) is 4.73. The van der Waals surface area contributed by atoms with E-state index in [1.807, 2.05) is 27.7 Å². The van der Waals surface area contributed by atoms with Gasteiger partial charge in [-0.1, -0.05) is 18.2 Å². The van der Waals surface area contributed by atoms with Crippen LogP contribution in [0.2, 0.25) is 0 Å². The second-order valence-corrected chi connectivity index (χ2v) is 7.04. The minimum absolute atomic E-state index is 0.311. The monoisotopic (exact) mass is 350 g/mol. The Hall–Kier alpha value is -1.50. The molecule has 1 aliphatic rings. The Balaban J connectivity index is 2.30. The largest absolute Gasteiger partial charge is 0.525 e. The Labute approximate surface area is 148 Å². The van der Waals surface area contributed by atoms with E-state index in [-0.39, 0.29) is 5.82 Å². The molecular formula is C19H25BF2O3. The van der Waals surface area contributed by atoms with E-state index in [0.29, 0.717) is 30.8 Å². The van der Waals surface area contributed by atoms with Gasteiger partial charge in [0.25, 0.3) is 0 Å². The summed E-state index contributed by atoms with van der Waals surface area (Å²) in [6.07, 6.45) is 1.95. The SMILES string of the molecule is C=CCOCCC(=C(F)B1OC(C)(C)C(C)(C)O1)c1ccc(F)cc1. The summed E-state index contributed by atoms with van der Waals surface area (Å²) in [5.41, 5.74) is -0.810. The van der Waals surface area contributed by atoms with Crippen molar-refractivity contribution in [3.05, 3.63) is 54.0 Å². The molecule has 3 nitrogen and oxygen atoms in total. The summed E-state index contributed by atoms with van der Waals surface area (Å²) in [6.45, 7) is 11.7. The molecule has 1 saturated heterocycles. The van der Waals surface area contributed by atoms with E-state index >= 15 is 4.39 Å². The fourth-order valence-electron chi connectivity index (χ4n) is 2.48. The van der Waals surface area contributed by atoms with E-state index in [2.05, 4.69) is 6.58 Å². The van der Waals surface area contributed by atoms with Gasteiger partial charge in [0.1, 0.15) is 11.5 Å². The van der Waals surface area contributed by atoms with Crippen molar-refractivity contribution in [2.24, 2.45) is 0 Å². The third-order valence-electron chi connectivity index (χ3n) is 4.67. The van der Waals surface area contributed by atoms with E-state index in [0.717, 1.165) is 0 Å². The lowest BCUT2D eigenvalue weighted by Crippen LogP contribution is -2.41. The zero-order valence-electron chi connectivity index (χ0n) is 15.3. The molecule has 0 atom stereocenters. The summed E-state index contributed by atoms with van der Waals surface area (Å²) in [6, 6.07) is 5.70. The Morgan fingerprint density at radius 1 is 1.16 bits per heavy atom. The van der Waals surface area contributed by atoms with Crippen LogP contribution in [-0.4, -0.2) is 31.5 Å². The first-order valence-corrected chi connectivity index (χ1v) is 8.37. The first kappa shape index (κ1) is 19.8. The number of hydrogen-bond acceptors (Lipinski definition) is 3. The summed E-state index contributed by atoms with van der Waals surface area (Å²) in [5.74, 6) is -0.373. The van der Waals surface area contributed by atoms with Crippen molar-refractivity contribution in [1.29, 1.82) is 0 Å². The van der Waals surface area contributed by atoms with Crippen LogP contribution in [0.15, 0.2) is 42.6 Å². The molecule has 1 aliphatic heterocycles. The Kier molecular flexibility index (Phi) is 6.19. The van der Waals surface area contributed by atoms with Gasteiger partial charge in [0.2, 0.25) is 0 Å². The van der Waals surface area contributed by atoms with Crippen molar-refractivity contribution in [1.82, 2.24) is 0 Å². The molecular weight excluding hydrogens is 325 g/mol. The van der Waals surface area contributed by atoms with Crippen LogP contribution in [0.1, 0.15) is 39.7 Å². The first-order valence-electron chi connectivity index (χ1n) is 8.37. The highest BCUT2D eigenvalue weighted by molar-refractivity contribution is 6.55. The average Bonchev–Trinajstić information content (AvgIpc) is 2.76. The molecule has 0 spiro atoms. The van der Waals surface area contributed by atoms with Crippen molar-refractivity contribution in [3.63, 3.8) is 0 Å². The maximum Gasteiger partial charge on any atom is 0.525 e. The van der Waals surface area contributed by atoms with E-state index < -0.39 is 24.0 Å². The number of rotatable bonds is 7. The predicted molar refractivity (Wildman–Crippen MR) is 96.1 cm³/mol. The molecule has 1 fully saturated rings. The van der Waals surface area contributed by atoms with Gasteiger partial charge in [0.05, 0.1) is 24.4 Å². The smallest absolute Gasteiger partial charge is 0.398 e. The minimum Gasteiger partial charge on any atom is -0.398 e. The van der Waals surface area contributed by atoms with E-state index in [1.165, 1.54) is 12.1 Å². The molecule has 0 amide bonds. The summed E-state index contributed by atoms with van der Waals surface area (Å²) >= 11 is 0. The molecule has 0 saturated carbocycles. The molecule has 0 bridgehead atoms. The number of hydrogen-bond donors (Lipinski definition) is 0. The van der Waals surface area contributed by atoms with E-state index in [4.69, 9.17) is 14.0 Å². The summed E-state index contributed by atoms with van der Waals surface area (Å²) in [4.78, 5) is 0. The highest BCUT2D eigenvalue weighted by atomic mass is 19.1. The minimum atomic E-state index is -1.09. The molecule has 0 radical (unpaired) electrons. The zero-order chi connectivity index (χ0) is 18.7. The second kappa shape index (κ2) is 7.81. The number of ether oxygens (including phenoxy) is 1. The Bertz CT molecular complexity index is 623. The second-order valence-electron chi connectivity index (χ2n) is 7.04. The van der Waals surface area contributed by atoms with Gasteiger partial charge in [-0.2, -0.15) is 0 Å². The molecule has 2 rings (SSSR count). The standard InChI is InChI=1S/C19H25BF2O3/c1-6-12-23-13-11-16(14-7-9-15(21)10-8-14)17(22)20-24-18(2,3)19(4,5)25-20/h6-10H,1,11-13H2,2-5H3. The molecule has 0 aromatic heterocycles. The van der Waals surface area contributed by atoms with Gasteiger partial charge in [0.15, 0.2) is 0 Å². The highest BCUT2D eigenvalue weighted by Crippen LogP contribution is 2.40. The molecule has 1 aromatic rings. The average molecular weight is 350 g/mol. The van der Waals surface area contributed by atoms with E-state index in [9.17, 15) is 4.39 Å². The summed E-state index contributed by atoms with van der Waals surface area (Å²) in [5, 5.41) is 0.